The third kappa shape index (κ3) is 4.05. The van der Waals surface area contributed by atoms with Gasteiger partial charge in [-0.3, -0.25) is 10.1 Å². The number of anilines is 1. The SMILES string of the molecule is CCCCOc1ncnc(NC2CCCCC2C)c1[N+](=O)[O-]. The summed E-state index contributed by atoms with van der Waals surface area (Å²) in [4.78, 5) is 18.9. The van der Waals surface area contributed by atoms with E-state index in [2.05, 4.69) is 22.2 Å². The van der Waals surface area contributed by atoms with Gasteiger partial charge in [0.1, 0.15) is 6.33 Å². The van der Waals surface area contributed by atoms with Crippen molar-refractivity contribution in [3.8, 4) is 5.88 Å². The lowest BCUT2D eigenvalue weighted by Crippen LogP contribution is -2.31. The minimum Gasteiger partial charge on any atom is -0.473 e. The third-order valence-corrected chi connectivity index (χ3v) is 4.14. The van der Waals surface area contributed by atoms with Gasteiger partial charge >= 0.3 is 5.69 Å². The van der Waals surface area contributed by atoms with E-state index in [1.54, 1.807) is 0 Å². The average molecular weight is 308 g/mol. The first-order valence-electron chi connectivity index (χ1n) is 8.02. The molecule has 1 saturated carbocycles. The highest BCUT2D eigenvalue weighted by atomic mass is 16.6. The van der Waals surface area contributed by atoms with Crippen molar-refractivity contribution in [3.63, 3.8) is 0 Å². The molecule has 7 nitrogen and oxygen atoms in total. The van der Waals surface area contributed by atoms with E-state index in [1.807, 2.05) is 6.92 Å². The maximum absolute atomic E-state index is 11.4. The van der Waals surface area contributed by atoms with Gasteiger partial charge in [0.15, 0.2) is 0 Å². The minimum absolute atomic E-state index is 0.0550. The summed E-state index contributed by atoms with van der Waals surface area (Å²) in [7, 11) is 0. The number of hydrogen-bond acceptors (Lipinski definition) is 6. The number of nitro groups is 1. The lowest BCUT2D eigenvalue weighted by atomic mass is 9.86. The Morgan fingerprint density at radius 2 is 2.18 bits per heavy atom. The van der Waals surface area contributed by atoms with Crippen molar-refractivity contribution in [1.82, 2.24) is 9.97 Å². The maximum Gasteiger partial charge on any atom is 0.372 e. The number of ether oxygens (including phenoxy) is 1. The zero-order chi connectivity index (χ0) is 15.9. The highest BCUT2D eigenvalue weighted by Gasteiger charge is 2.28. The van der Waals surface area contributed by atoms with Crippen molar-refractivity contribution in [3.05, 3.63) is 16.4 Å². The van der Waals surface area contributed by atoms with E-state index >= 15 is 0 Å². The summed E-state index contributed by atoms with van der Waals surface area (Å²) in [5.74, 6) is 0.803. The van der Waals surface area contributed by atoms with Gasteiger partial charge in [-0.25, -0.2) is 4.98 Å². The van der Waals surface area contributed by atoms with Crippen LogP contribution in [0.4, 0.5) is 11.5 Å². The number of aromatic nitrogens is 2. The predicted octanol–water partition coefficient (Wildman–Crippen LogP) is 3.55. The minimum atomic E-state index is -0.461. The van der Waals surface area contributed by atoms with Crippen LogP contribution in [-0.4, -0.2) is 27.5 Å². The summed E-state index contributed by atoms with van der Waals surface area (Å²) < 4.78 is 5.46. The van der Waals surface area contributed by atoms with Crippen LogP contribution in [0.1, 0.15) is 52.4 Å². The topological polar surface area (TPSA) is 90.2 Å². The number of nitrogens with one attached hydrogen (secondary N) is 1. The fraction of sp³-hybridized carbons (Fsp3) is 0.733. The van der Waals surface area contributed by atoms with E-state index in [4.69, 9.17) is 4.74 Å². The Labute approximate surface area is 130 Å². The zero-order valence-corrected chi connectivity index (χ0v) is 13.2. The van der Waals surface area contributed by atoms with Gasteiger partial charge in [0.2, 0.25) is 5.82 Å². The molecule has 1 aliphatic rings. The highest BCUT2D eigenvalue weighted by Crippen LogP contribution is 2.34. The van der Waals surface area contributed by atoms with E-state index < -0.39 is 4.92 Å². The summed E-state index contributed by atoms with van der Waals surface area (Å²) in [5, 5.41) is 14.6. The number of nitrogens with zero attached hydrogens (tertiary/aromatic N) is 3. The summed E-state index contributed by atoms with van der Waals surface area (Å²) in [5.41, 5.74) is -0.156. The lowest BCUT2D eigenvalue weighted by molar-refractivity contribution is -0.385. The van der Waals surface area contributed by atoms with E-state index in [9.17, 15) is 10.1 Å². The zero-order valence-electron chi connectivity index (χ0n) is 13.2. The normalized spacial score (nSPS) is 21.4. The van der Waals surface area contributed by atoms with Gasteiger partial charge < -0.3 is 10.1 Å². The van der Waals surface area contributed by atoms with Crippen LogP contribution in [0.25, 0.3) is 0 Å². The van der Waals surface area contributed by atoms with Crippen LogP contribution in [0.5, 0.6) is 5.88 Å². The number of rotatable bonds is 7. The first-order valence-corrected chi connectivity index (χ1v) is 8.02. The first kappa shape index (κ1) is 16.5. The smallest absolute Gasteiger partial charge is 0.372 e. The molecule has 2 rings (SSSR count). The van der Waals surface area contributed by atoms with Crippen molar-refractivity contribution in [1.29, 1.82) is 0 Å². The van der Waals surface area contributed by atoms with Gasteiger partial charge in [-0.05, 0) is 25.2 Å². The Morgan fingerprint density at radius 3 is 2.86 bits per heavy atom. The summed E-state index contributed by atoms with van der Waals surface area (Å²) in [6.45, 7) is 4.63. The van der Waals surface area contributed by atoms with Crippen LogP contribution in [0.3, 0.4) is 0 Å². The standard InChI is InChI=1S/C15H24N4O3/c1-3-4-9-22-15-13(19(20)21)14(16-10-17-15)18-12-8-6-5-7-11(12)2/h10-12H,3-9H2,1-2H3,(H,16,17,18). The third-order valence-electron chi connectivity index (χ3n) is 4.14. The number of hydrogen-bond donors (Lipinski definition) is 1. The van der Waals surface area contributed by atoms with E-state index in [0.717, 1.165) is 32.1 Å². The van der Waals surface area contributed by atoms with Crippen LogP contribution in [-0.2, 0) is 0 Å². The van der Waals surface area contributed by atoms with Crippen molar-refractivity contribution in [2.45, 2.75) is 58.4 Å². The molecule has 0 radical (unpaired) electrons. The van der Waals surface area contributed by atoms with Crippen LogP contribution < -0.4 is 10.1 Å². The van der Waals surface area contributed by atoms with Gasteiger partial charge in [0, 0.05) is 6.04 Å². The molecule has 7 heteroatoms. The molecule has 1 aromatic rings. The molecule has 0 aromatic carbocycles. The molecule has 1 fully saturated rings. The molecule has 1 N–H and O–H groups in total. The average Bonchev–Trinajstić information content (AvgIpc) is 2.50. The Hall–Kier alpha value is -1.92. The van der Waals surface area contributed by atoms with Crippen LogP contribution in [0.2, 0.25) is 0 Å². The fourth-order valence-corrected chi connectivity index (χ4v) is 2.76. The molecular weight excluding hydrogens is 284 g/mol. The molecule has 1 aliphatic carbocycles. The molecule has 0 spiro atoms. The van der Waals surface area contributed by atoms with Crippen molar-refractivity contribution in [2.75, 3.05) is 11.9 Å². The van der Waals surface area contributed by atoms with E-state index in [-0.39, 0.29) is 23.4 Å². The van der Waals surface area contributed by atoms with Crippen molar-refractivity contribution in [2.24, 2.45) is 5.92 Å². The van der Waals surface area contributed by atoms with Gasteiger partial charge in [-0.2, -0.15) is 4.98 Å². The Morgan fingerprint density at radius 1 is 1.41 bits per heavy atom. The Bertz CT molecular complexity index is 510. The summed E-state index contributed by atoms with van der Waals surface area (Å²) >= 11 is 0. The number of unbranched alkanes of at least 4 members (excludes halogenated alkanes) is 1. The van der Waals surface area contributed by atoms with E-state index in [0.29, 0.717) is 12.5 Å². The Kier molecular flexibility index (Phi) is 5.91. The monoisotopic (exact) mass is 308 g/mol. The maximum atomic E-state index is 11.4. The molecule has 0 bridgehead atoms. The van der Waals surface area contributed by atoms with Crippen LogP contribution >= 0.6 is 0 Å². The highest BCUT2D eigenvalue weighted by molar-refractivity contribution is 5.61. The van der Waals surface area contributed by atoms with Gasteiger partial charge in [-0.1, -0.05) is 33.1 Å². The van der Waals surface area contributed by atoms with Crippen LogP contribution in [0, 0.1) is 16.0 Å². The second-order valence-corrected chi connectivity index (χ2v) is 5.85. The fourth-order valence-electron chi connectivity index (χ4n) is 2.76. The second-order valence-electron chi connectivity index (χ2n) is 5.85. The van der Waals surface area contributed by atoms with E-state index in [1.165, 1.54) is 12.7 Å². The molecule has 22 heavy (non-hydrogen) atoms. The Balaban J connectivity index is 2.18. The van der Waals surface area contributed by atoms with Gasteiger partial charge in [0.25, 0.3) is 5.88 Å². The predicted molar refractivity (Wildman–Crippen MR) is 84.1 cm³/mol. The largest absolute Gasteiger partial charge is 0.473 e. The van der Waals surface area contributed by atoms with Crippen LogP contribution in [0.15, 0.2) is 6.33 Å². The van der Waals surface area contributed by atoms with Gasteiger partial charge in [0.05, 0.1) is 11.5 Å². The first-order chi connectivity index (χ1) is 10.6. The van der Waals surface area contributed by atoms with Crippen molar-refractivity contribution < 1.29 is 9.66 Å². The molecule has 0 aliphatic heterocycles. The molecule has 1 heterocycles. The molecular formula is C15H24N4O3. The lowest BCUT2D eigenvalue weighted by Gasteiger charge is -2.29. The molecule has 0 amide bonds. The molecule has 122 valence electrons. The summed E-state index contributed by atoms with van der Waals surface area (Å²) in [6, 6.07) is 0.214. The van der Waals surface area contributed by atoms with Crippen molar-refractivity contribution >= 4 is 11.5 Å². The quantitative estimate of drug-likeness (QED) is 0.470. The summed E-state index contributed by atoms with van der Waals surface area (Å²) in [6.07, 6.45) is 7.62. The molecule has 2 unspecified atom stereocenters. The molecule has 2 atom stereocenters. The molecule has 1 aromatic heterocycles. The van der Waals surface area contributed by atoms with Gasteiger partial charge in [-0.15, -0.1) is 0 Å². The second kappa shape index (κ2) is 7.91. The molecule has 0 saturated heterocycles.